The lowest BCUT2D eigenvalue weighted by Crippen LogP contribution is -2.35. The van der Waals surface area contributed by atoms with Gasteiger partial charge in [-0.2, -0.15) is 0 Å². The summed E-state index contributed by atoms with van der Waals surface area (Å²) < 4.78 is 9.68. The molecule has 6 heteroatoms. The van der Waals surface area contributed by atoms with Crippen LogP contribution in [-0.4, -0.2) is 30.8 Å². The zero-order chi connectivity index (χ0) is 11.4. The normalized spacial score (nSPS) is 12.5. The van der Waals surface area contributed by atoms with Gasteiger partial charge in [-0.3, -0.25) is 4.79 Å². The summed E-state index contributed by atoms with van der Waals surface area (Å²) in [5.41, 5.74) is 0.501. The van der Waals surface area contributed by atoms with Crippen molar-refractivity contribution in [2.45, 2.75) is 19.9 Å². The Morgan fingerprint density at radius 3 is 2.87 bits per heavy atom. The van der Waals surface area contributed by atoms with Gasteiger partial charge in [-0.1, -0.05) is 16.8 Å². The number of carbonyl (C=O) groups is 1. The lowest BCUT2D eigenvalue weighted by atomic mass is 10.3. The third-order valence-electron chi connectivity index (χ3n) is 1.79. The number of nitrogens with one attached hydrogen (secondary N) is 1. The Hall–Kier alpha value is -1.07. The van der Waals surface area contributed by atoms with E-state index < -0.39 is 0 Å². The average Bonchev–Trinajstić information content (AvgIpc) is 2.48. The number of halogens is 1. The molecule has 1 heterocycles. The topological polar surface area (TPSA) is 64.4 Å². The first-order valence-corrected chi connectivity index (χ1v) is 4.85. The van der Waals surface area contributed by atoms with Gasteiger partial charge in [-0.05, 0) is 13.8 Å². The molecule has 1 N–H and O–H groups in total. The molecule has 0 saturated carbocycles. The number of carbonyl (C=O) groups excluding carboxylic acids is 1. The number of aryl methyl sites for hydroxylation is 1. The molecule has 0 bridgehead atoms. The average molecular weight is 233 g/mol. The summed E-state index contributed by atoms with van der Waals surface area (Å²) in [6.07, 6.45) is 0. The summed E-state index contributed by atoms with van der Waals surface area (Å²) in [4.78, 5) is 11.6. The number of amides is 1. The van der Waals surface area contributed by atoms with Crippen LogP contribution in [0.1, 0.15) is 23.2 Å². The first-order valence-electron chi connectivity index (χ1n) is 4.47. The molecule has 0 aromatic carbocycles. The lowest BCUT2D eigenvalue weighted by Gasteiger charge is -2.10. The van der Waals surface area contributed by atoms with E-state index in [1.54, 1.807) is 14.0 Å². The summed E-state index contributed by atoms with van der Waals surface area (Å²) in [5.74, 6) is -0.345. The maximum Gasteiger partial charge on any atom is 0.291 e. The van der Waals surface area contributed by atoms with Gasteiger partial charge in [0.25, 0.3) is 5.91 Å². The second-order valence-electron chi connectivity index (χ2n) is 3.24. The zero-order valence-corrected chi connectivity index (χ0v) is 9.59. The van der Waals surface area contributed by atoms with Gasteiger partial charge in [-0.25, -0.2) is 0 Å². The Morgan fingerprint density at radius 1 is 1.73 bits per heavy atom. The predicted octanol–water partition coefficient (Wildman–Crippen LogP) is 1.40. The molecule has 15 heavy (non-hydrogen) atoms. The van der Waals surface area contributed by atoms with Gasteiger partial charge in [0.1, 0.15) is 5.02 Å². The van der Waals surface area contributed by atoms with E-state index in [1.165, 1.54) is 0 Å². The van der Waals surface area contributed by atoms with Gasteiger partial charge in [0.15, 0.2) is 0 Å². The Bertz CT molecular complexity index is 351. The van der Waals surface area contributed by atoms with Crippen LogP contribution in [0, 0.1) is 6.92 Å². The molecule has 84 valence electrons. The Kier molecular flexibility index (Phi) is 4.11. The third kappa shape index (κ3) is 2.94. The number of hydrogen-bond acceptors (Lipinski definition) is 4. The van der Waals surface area contributed by atoms with Crippen molar-refractivity contribution in [1.29, 1.82) is 0 Å². The van der Waals surface area contributed by atoms with Crippen LogP contribution in [-0.2, 0) is 4.74 Å². The Morgan fingerprint density at radius 2 is 2.40 bits per heavy atom. The van der Waals surface area contributed by atoms with E-state index >= 15 is 0 Å². The van der Waals surface area contributed by atoms with Gasteiger partial charge in [0.2, 0.25) is 5.76 Å². The van der Waals surface area contributed by atoms with Crippen LogP contribution < -0.4 is 5.32 Å². The molecule has 1 amide bonds. The Labute approximate surface area is 92.7 Å². The fraction of sp³-hybridized carbons (Fsp3) is 0.556. The SMILES string of the molecule is COC[C@H](C)NC(=O)c1onc(C)c1Cl. The van der Waals surface area contributed by atoms with Crippen molar-refractivity contribution >= 4 is 17.5 Å². The zero-order valence-electron chi connectivity index (χ0n) is 8.83. The maximum absolute atomic E-state index is 11.6. The quantitative estimate of drug-likeness (QED) is 0.852. The molecule has 0 fully saturated rings. The van der Waals surface area contributed by atoms with Crippen LogP contribution in [0.3, 0.4) is 0 Å². The predicted molar refractivity (Wildman–Crippen MR) is 55.1 cm³/mol. The molecule has 0 aliphatic carbocycles. The van der Waals surface area contributed by atoms with Crippen LogP contribution >= 0.6 is 11.6 Å². The number of methoxy groups -OCH3 is 1. The van der Waals surface area contributed by atoms with Crippen LogP contribution in [0.25, 0.3) is 0 Å². The number of hydrogen-bond donors (Lipinski definition) is 1. The van der Waals surface area contributed by atoms with Crippen molar-refractivity contribution in [3.8, 4) is 0 Å². The lowest BCUT2D eigenvalue weighted by molar-refractivity contribution is 0.0869. The molecular formula is C9H13ClN2O3. The van der Waals surface area contributed by atoms with Crippen LogP contribution in [0.5, 0.6) is 0 Å². The number of ether oxygens (including phenoxy) is 1. The summed E-state index contributed by atoms with van der Waals surface area (Å²) in [5, 5.41) is 6.51. The molecule has 1 atom stereocenters. The van der Waals surface area contributed by atoms with Gasteiger partial charge in [-0.15, -0.1) is 0 Å². The third-order valence-corrected chi connectivity index (χ3v) is 2.24. The smallest absolute Gasteiger partial charge is 0.291 e. The monoisotopic (exact) mass is 232 g/mol. The van der Waals surface area contributed by atoms with Crippen molar-refractivity contribution < 1.29 is 14.1 Å². The van der Waals surface area contributed by atoms with Gasteiger partial charge >= 0.3 is 0 Å². The summed E-state index contributed by atoms with van der Waals surface area (Å²) in [7, 11) is 1.56. The summed E-state index contributed by atoms with van der Waals surface area (Å²) >= 11 is 5.82. The molecule has 1 aromatic rings. The van der Waals surface area contributed by atoms with E-state index in [2.05, 4.69) is 10.5 Å². The molecule has 1 aromatic heterocycles. The molecule has 0 aliphatic heterocycles. The highest BCUT2D eigenvalue weighted by atomic mass is 35.5. The van der Waals surface area contributed by atoms with Gasteiger partial charge in [0.05, 0.1) is 12.3 Å². The fourth-order valence-corrected chi connectivity index (χ4v) is 1.24. The molecular weight excluding hydrogens is 220 g/mol. The number of rotatable bonds is 4. The molecule has 5 nitrogen and oxygen atoms in total. The van der Waals surface area contributed by atoms with E-state index in [0.29, 0.717) is 12.3 Å². The minimum absolute atomic E-state index is 0.0390. The summed E-state index contributed by atoms with van der Waals surface area (Å²) in [6.45, 7) is 3.91. The van der Waals surface area contributed by atoms with Crippen molar-refractivity contribution in [3.63, 3.8) is 0 Å². The second-order valence-corrected chi connectivity index (χ2v) is 3.62. The van der Waals surface area contributed by atoms with Crippen molar-refractivity contribution in [1.82, 2.24) is 10.5 Å². The van der Waals surface area contributed by atoms with E-state index in [9.17, 15) is 4.79 Å². The van der Waals surface area contributed by atoms with Crippen molar-refractivity contribution in [3.05, 3.63) is 16.5 Å². The van der Waals surface area contributed by atoms with E-state index in [0.717, 1.165) is 0 Å². The van der Waals surface area contributed by atoms with Crippen LogP contribution in [0.2, 0.25) is 5.02 Å². The second kappa shape index (κ2) is 5.14. The first kappa shape index (κ1) is 12.0. The fourth-order valence-electron chi connectivity index (χ4n) is 1.08. The maximum atomic E-state index is 11.6. The molecule has 0 aliphatic rings. The highest BCUT2D eigenvalue weighted by Gasteiger charge is 2.19. The Balaban J connectivity index is 2.65. The van der Waals surface area contributed by atoms with Crippen molar-refractivity contribution in [2.75, 3.05) is 13.7 Å². The highest BCUT2D eigenvalue weighted by Crippen LogP contribution is 2.19. The molecule has 1 rings (SSSR count). The van der Waals surface area contributed by atoms with E-state index in [-0.39, 0.29) is 22.7 Å². The van der Waals surface area contributed by atoms with Gasteiger partial charge < -0.3 is 14.6 Å². The summed E-state index contributed by atoms with van der Waals surface area (Å²) in [6, 6.07) is -0.107. The minimum Gasteiger partial charge on any atom is -0.383 e. The molecule has 0 spiro atoms. The highest BCUT2D eigenvalue weighted by molar-refractivity contribution is 6.33. The van der Waals surface area contributed by atoms with E-state index in [4.69, 9.17) is 20.9 Å². The largest absolute Gasteiger partial charge is 0.383 e. The van der Waals surface area contributed by atoms with E-state index in [1.807, 2.05) is 6.92 Å². The molecule has 0 radical (unpaired) electrons. The molecule has 0 unspecified atom stereocenters. The number of nitrogens with zero attached hydrogens (tertiary/aromatic N) is 1. The van der Waals surface area contributed by atoms with Crippen molar-refractivity contribution in [2.24, 2.45) is 0 Å². The number of aromatic nitrogens is 1. The molecule has 0 saturated heterocycles. The van der Waals surface area contributed by atoms with Crippen LogP contribution in [0.4, 0.5) is 0 Å². The first-order chi connectivity index (χ1) is 7.06. The minimum atomic E-state index is -0.384. The standard InChI is InChI=1S/C9H13ClN2O3/c1-5(4-14-3)11-9(13)8-7(10)6(2)12-15-8/h5H,4H2,1-3H3,(H,11,13)/t5-/m0/s1. The van der Waals surface area contributed by atoms with Gasteiger partial charge in [0, 0.05) is 13.2 Å². The van der Waals surface area contributed by atoms with Crippen LogP contribution in [0.15, 0.2) is 4.52 Å².